The summed E-state index contributed by atoms with van der Waals surface area (Å²) in [6.07, 6.45) is 1.02. The number of hydrogen-bond donors (Lipinski definition) is 1. The molecule has 0 aliphatic rings. The summed E-state index contributed by atoms with van der Waals surface area (Å²) < 4.78 is 0. The second-order valence-electron chi connectivity index (χ2n) is 6.22. The van der Waals surface area contributed by atoms with Gasteiger partial charge in [0.15, 0.2) is 0 Å². The normalized spacial score (nSPS) is 12.9. The second-order valence-corrected chi connectivity index (χ2v) is 6.22. The van der Waals surface area contributed by atoms with Gasteiger partial charge in [0.05, 0.1) is 0 Å². The Morgan fingerprint density at radius 3 is 2.06 bits per heavy atom. The first-order valence-electron chi connectivity index (χ1n) is 6.02. The molecular formula is C15H24O. The van der Waals surface area contributed by atoms with E-state index in [0.717, 1.165) is 12.0 Å². The van der Waals surface area contributed by atoms with E-state index in [0.29, 0.717) is 5.75 Å². The number of phenolic OH excluding ortho intramolecular Hbond substituents is 1. The Morgan fingerprint density at radius 2 is 1.62 bits per heavy atom. The molecule has 1 aromatic carbocycles. The zero-order chi connectivity index (χ0) is 12.6. The van der Waals surface area contributed by atoms with Crippen LogP contribution in [0.25, 0.3) is 0 Å². The van der Waals surface area contributed by atoms with Gasteiger partial charge in [-0.2, -0.15) is 0 Å². The van der Waals surface area contributed by atoms with Crippen molar-refractivity contribution in [1.82, 2.24) is 0 Å². The van der Waals surface area contributed by atoms with E-state index in [1.165, 1.54) is 5.56 Å². The summed E-state index contributed by atoms with van der Waals surface area (Å²) in [5, 5.41) is 9.97. The topological polar surface area (TPSA) is 20.2 Å². The Kier molecular flexibility index (Phi) is 3.37. The van der Waals surface area contributed by atoms with Crippen molar-refractivity contribution in [2.75, 3.05) is 0 Å². The highest BCUT2D eigenvalue weighted by Crippen LogP contribution is 2.36. The predicted molar refractivity (Wildman–Crippen MR) is 70.1 cm³/mol. The van der Waals surface area contributed by atoms with Crippen LogP contribution in [0.5, 0.6) is 5.75 Å². The molecule has 0 aliphatic carbocycles. The quantitative estimate of drug-likeness (QED) is 0.784. The smallest absolute Gasteiger partial charge is 0.119 e. The van der Waals surface area contributed by atoms with E-state index >= 15 is 0 Å². The fourth-order valence-electron chi connectivity index (χ4n) is 1.74. The third kappa shape index (κ3) is 2.58. The lowest BCUT2D eigenvalue weighted by Crippen LogP contribution is -2.18. The summed E-state index contributed by atoms with van der Waals surface area (Å²) in [4.78, 5) is 0. The van der Waals surface area contributed by atoms with E-state index in [4.69, 9.17) is 0 Å². The van der Waals surface area contributed by atoms with E-state index in [2.05, 4.69) is 47.6 Å². The van der Waals surface area contributed by atoms with Gasteiger partial charge >= 0.3 is 0 Å². The molecule has 16 heavy (non-hydrogen) atoms. The van der Waals surface area contributed by atoms with Gasteiger partial charge in [-0.1, -0.05) is 53.7 Å². The van der Waals surface area contributed by atoms with Crippen molar-refractivity contribution in [3.63, 3.8) is 0 Å². The van der Waals surface area contributed by atoms with E-state index in [9.17, 15) is 5.11 Å². The molecule has 90 valence electrons. The molecule has 1 rings (SSSR count). The molecule has 0 bridgehead atoms. The van der Waals surface area contributed by atoms with Crippen LogP contribution in [-0.2, 0) is 10.8 Å². The van der Waals surface area contributed by atoms with Crippen molar-refractivity contribution in [2.24, 2.45) is 0 Å². The highest BCUT2D eigenvalue weighted by Gasteiger charge is 2.24. The van der Waals surface area contributed by atoms with E-state index in [1.54, 1.807) is 0 Å². The van der Waals surface area contributed by atoms with Crippen LogP contribution in [0.15, 0.2) is 18.2 Å². The molecule has 0 aliphatic heterocycles. The van der Waals surface area contributed by atoms with Crippen LogP contribution in [0.4, 0.5) is 0 Å². The predicted octanol–water partition coefficient (Wildman–Crippen LogP) is 4.38. The maximum atomic E-state index is 9.97. The molecule has 1 N–H and O–H groups in total. The first-order chi connectivity index (χ1) is 7.18. The summed E-state index contributed by atoms with van der Waals surface area (Å²) in [6, 6.07) is 6.00. The zero-order valence-electron chi connectivity index (χ0n) is 11.4. The Labute approximate surface area is 99.5 Å². The fraction of sp³-hybridized carbons (Fsp3) is 0.600. The van der Waals surface area contributed by atoms with Crippen LogP contribution in [0.3, 0.4) is 0 Å². The monoisotopic (exact) mass is 220 g/mol. The molecule has 0 saturated carbocycles. The van der Waals surface area contributed by atoms with Gasteiger partial charge in [-0.05, 0) is 34.4 Å². The minimum atomic E-state index is 0.0331. The maximum Gasteiger partial charge on any atom is 0.119 e. The highest BCUT2D eigenvalue weighted by molar-refractivity contribution is 5.42. The fourth-order valence-corrected chi connectivity index (χ4v) is 1.74. The lowest BCUT2D eigenvalue weighted by Gasteiger charge is -2.27. The summed E-state index contributed by atoms with van der Waals surface area (Å²) in [5.41, 5.74) is 2.50. The number of aromatic hydroxyl groups is 1. The van der Waals surface area contributed by atoms with Gasteiger partial charge in [0.2, 0.25) is 0 Å². The molecule has 0 aromatic heterocycles. The van der Waals surface area contributed by atoms with Gasteiger partial charge in [-0.3, -0.25) is 0 Å². The van der Waals surface area contributed by atoms with Gasteiger partial charge in [-0.15, -0.1) is 0 Å². The molecular weight excluding hydrogens is 196 g/mol. The molecule has 0 spiro atoms. The number of hydrogen-bond acceptors (Lipinski definition) is 1. The van der Waals surface area contributed by atoms with E-state index < -0.39 is 0 Å². The van der Waals surface area contributed by atoms with Crippen molar-refractivity contribution < 1.29 is 5.11 Å². The SMILES string of the molecule is CCC(C)(C)c1cc(C(C)(C)C)ccc1O. The Bertz CT molecular complexity index is 370. The first kappa shape index (κ1) is 13.1. The molecule has 0 radical (unpaired) electrons. The molecule has 1 nitrogen and oxygen atoms in total. The highest BCUT2D eigenvalue weighted by atomic mass is 16.3. The molecule has 0 fully saturated rings. The van der Waals surface area contributed by atoms with Gasteiger partial charge in [0, 0.05) is 0 Å². The number of rotatable bonds is 2. The van der Waals surface area contributed by atoms with Gasteiger partial charge in [0.1, 0.15) is 5.75 Å². The summed E-state index contributed by atoms with van der Waals surface area (Å²) >= 11 is 0. The van der Waals surface area contributed by atoms with Gasteiger partial charge in [-0.25, -0.2) is 0 Å². The van der Waals surface area contributed by atoms with Crippen molar-refractivity contribution in [1.29, 1.82) is 0 Å². The minimum absolute atomic E-state index is 0.0331. The van der Waals surface area contributed by atoms with Crippen molar-refractivity contribution in [3.05, 3.63) is 29.3 Å². The first-order valence-corrected chi connectivity index (χ1v) is 6.02. The third-order valence-electron chi connectivity index (χ3n) is 3.48. The van der Waals surface area contributed by atoms with Crippen LogP contribution < -0.4 is 0 Å². The second kappa shape index (κ2) is 4.12. The molecule has 0 saturated heterocycles. The van der Waals surface area contributed by atoms with E-state index in [-0.39, 0.29) is 10.8 Å². The average molecular weight is 220 g/mol. The van der Waals surface area contributed by atoms with Crippen LogP contribution in [0.1, 0.15) is 59.1 Å². The van der Waals surface area contributed by atoms with E-state index in [1.807, 2.05) is 12.1 Å². The Hall–Kier alpha value is -0.980. The molecule has 0 amide bonds. The summed E-state index contributed by atoms with van der Waals surface area (Å²) in [6.45, 7) is 13.1. The van der Waals surface area contributed by atoms with Crippen LogP contribution in [0, 0.1) is 0 Å². The van der Waals surface area contributed by atoms with Gasteiger partial charge in [0.25, 0.3) is 0 Å². The zero-order valence-corrected chi connectivity index (χ0v) is 11.4. The number of phenols is 1. The van der Waals surface area contributed by atoms with Crippen LogP contribution in [0.2, 0.25) is 0 Å². The lowest BCUT2D eigenvalue weighted by molar-refractivity contribution is 0.426. The van der Waals surface area contributed by atoms with Crippen LogP contribution >= 0.6 is 0 Å². The molecule has 1 heteroatoms. The van der Waals surface area contributed by atoms with Crippen molar-refractivity contribution in [2.45, 2.75) is 58.8 Å². The average Bonchev–Trinajstić information content (AvgIpc) is 2.16. The standard InChI is InChI=1S/C15H24O/c1-7-15(5,6)12-10-11(14(2,3)4)8-9-13(12)16/h8-10,16H,7H2,1-6H3. The minimum Gasteiger partial charge on any atom is -0.508 e. The largest absolute Gasteiger partial charge is 0.508 e. The molecule has 1 aromatic rings. The molecule has 0 unspecified atom stereocenters. The molecule has 0 heterocycles. The Morgan fingerprint density at radius 1 is 1.06 bits per heavy atom. The van der Waals surface area contributed by atoms with Crippen molar-refractivity contribution >= 4 is 0 Å². The lowest BCUT2D eigenvalue weighted by atomic mass is 9.78. The van der Waals surface area contributed by atoms with Crippen LogP contribution in [-0.4, -0.2) is 5.11 Å². The Balaban J connectivity index is 3.30. The third-order valence-corrected chi connectivity index (χ3v) is 3.48. The summed E-state index contributed by atoms with van der Waals surface area (Å²) in [5.74, 6) is 0.417. The van der Waals surface area contributed by atoms with Gasteiger partial charge < -0.3 is 5.11 Å². The molecule has 0 atom stereocenters. The number of benzene rings is 1. The summed E-state index contributed by atoms with van der Waals surface area (Å²) in [7, 11) is 0. The maximum absolute atomic E-state index is 9.97. The van der Waals surface area contributed by atoms with Crippen molar-refractivity contribution in [3.8, 4) is 5.75 Å².